The summed E-state index contributed by atoms with van der Waals surface area (Å²) < 4.78 is 0. The number of aromatic nitrogens is 1. The minimum absolute atomic E-state index is 0.183. The van der Waals surface area contributed by atoms with E-state index in [1.54, 1.807) is 11.3 Å². The Morgan fingerprint density at radius 1 is 1.50 bits per heavy atom. The number of thiazole rings is 1. The smallest absolute Gasteiger partial charge is 0.109 e. The molecule has 0 spiro atoms. The summed E-state index contributed by atoms with van der Waals surface area (Å²) >= 11 is 1.73. The first-order chi connectivity index (χ1) is 7.66. The second kappa shape index (κ2) is 5.25. The van der Waals surface area contributed by atoms with Crippen LogP contribution in [-0.4, -0.2) is 22.2 Å². The number of aryl methyl sites for hydroxylation is 1. The highest BCUT2D eigenvalue weighted by atomic mass is 32.1. The Morgan fingerprint density at radius 3 is 2.88 bits per heavy atom. The Bertz CT molecular complexity index is 340. The highest BCUT2D eigenvalue weighted by molar-refractivity contribution is 7.11. The van der Waals surface area contributed by atoms with Crippen LogP contribution in [-0.2, 0) is 0 Å². The van der Waals surface area contributed by atoms with E-state index in [2.05, 4.69) is 24.1 Å². The second-order valence-corrected chi connectivity index (χ2v) is 5.92. The molecule has 0 amide bonds. The van der Waals surface area contributed by atoms with Gasteiger partial charge in [0.1, 0.15) is 5.01 Å². The largest absolute Gasteiger partial charge is 0.392 e. The normalized spacial score (nSPS) is 27.9. The molecule has 0 radical (unpaired) electrons. The molecule has 2 N–H and O–H groups in total. The van der Waals surface area contributed by atoms with Crippen LogP contribution in [0.4, 0.5) is 0 Å². The lowest BCUT2D eigenvalue weighted by atomic mass is 9.92. The van der Waals surface area contributed by atoms with Gasteiger partial charge in [0.15, 0.2) is 0 Å². The molecule has 3 nitrogen and oxygen atoms in total. The van der Waals surface area contributed by atoms with Gasteiger partial charge in [-0.2, -0.15) is 0 Å². The van der Waals surface area contributed by atoms with E-state index in [-0.39, 0.29) is 18.2 Å². The Kier molecular flexibility index (Phi) is 3.95. The third kappa shape index (κ3) is 2.81. The van der Waals surface area contributed by atoms with Gasteiger partial charge >= 0.3 is 0 Å². The molecule has 0 aliphatic heterocycles. The zero-order chi connectivity index (χ0) is 11.5. The lowest BCUT2D eigenvalue weighted by molar-refractivity contribution is 0.0859. The lowest BCUT2D eigenvalue weighted by Gasteiger charge is -2.30. The molecule has 1 aromatic rings. The molecular formula is C12H20N2OS. The van der Waals surface area contributed by atoms with Gasteiger partial charge < -0.3 is 10.4 Å². The molecule has 16 heavy (non-hydrogen) atoms. The van der Waals surface area contributed by atoms with Crippen LogP contribution in [0.3, 0.4) is 0 Å². The molecule has 2 rings (SSSR count). The maximum atomic E-state index is 9.89. The van der Waals surface area contributed by atoms with Gasteiger partial charge in [0.25, 0.3) is 0 Å². The van der Waals surface area contributed by atoms with E-state index >= 15 is 0 Å². The zero-order valence-corrected chi connectivity index (χ0v) is 10.8. The van der Waals surface area contributed by atoms with Crippen LogP contribution in [0.15, 0.2) is 6.20 Å². The van der Waals surface area contributed by atoms with Crippen molar-refractivity contribution in [1.82, 2.24) is 10.3 Å². The molecule has 1 unspecified atom stereocenters. The first-order valence-corrected chi connectivity index (χ1v) is 6.85. The van der Waals surface area contributed by atoms with Crippen LogP contribution in [0.5, 0.6) is 0 Å². The summed E-state index contributed by atoms with van der Waals surface area (Å²) in [4.78, 5) is 5.62. The number of nitrogens with zero attached hydrogens (tertiary/aromatic N) is 1. The lowest BCUT2D eigenvalue weighted by Crippen LogP contribution is -2.43. The van der Waals surface area contributed by atoms with E-state index in [1.165, 1.54) is 11.3 Å². The Hall–Kier alpha value is -0.450. The molecule has 1 aliphatic rings. The number of aliphatic hydroxyl groups is 1. The van der Waals surface area contributed by atoms with E-state index in [4.69, 9.17) is 0 Å². The molecule has 1 saturated carbocycles. The highest BCUT2D eigenvalue weighted by Gasteiger charge is 2.25. The van der Waals surface area contributed by atoms with Gasteiger partial charge in [-0.3, -0.25) is 0 Å². The maximum Gasteiger partial charge on any atom is 0.109 e. The standard InChI is InChI=1S/C12H20N2OS/c1-8-7-13-12(16-8)9(2)14-10-5-3-4-6-11(10)15/h7,9-11,14-15H,3-6H2,1-2H3/t9?,10-,11-/m1/s1. The van der Waals surface area contributed by atoms with E-state index in [0.29, 0.717) is 0 Å². The summed E-state index contributed by atoms with van der Waals surface area (Å²) in [6, 6.07) is 0.490. The summed E-state index contributed by atoms with van der Waals surface area (Å²) in [6.45, 7) is 4.20. The van der Waals surface area contributed by atoms with Gasteiger partial charge in [0.05, 0.1) is 12.1 Å². The van der Waals surface area contributed by atoms with Crippen molar-refractivity contribution in [3.05, 3.63) is 16.1 Å². The monoisotopic (exact) mass is 240 g/mol. The second-order valence-electron chi connectivity index (χ2n) is 4.66. The van der Waals surface area contributed by atoms with Crippen molar-refractivity contribution in [3.63, 3.8) is 0 Å². The van der Waals surface area contributed by atoms with Crippen molar-refractivity contribution < 1.29 is 5.11 Å². The SMILES string of the molecule is Cc1cnc(C(C)N[C@@H]2CCCC[C@H]2O)s1. The van der Waals surface area contributed by atoms with Crippen molar-refractivity contribution in [2.75, 3.05) is 0 Å². The number of hydrogen-bond donors (Lipinski definition) is 2. The molecule has 1 heterocycles. The molecule has 0 aromatic carbocycles. The minimum Gasteiger partial charge on any atom is -0.392 e. The number of hydrogen-bond acceptors (Lipinski definition) is 4. The van der Waals surface area contributed by atoms with Crippen LogP contribution in [0.2, 0.25) is 0 Å². The van der Waals surface area contributed by atoms with Gasteiger partial charge in [0, 0.05) is 17.1 Å². The summed E-state index contributed by atoms with van der Waals surface area (Å²) in [5, 5.41) is 14.5. The van der Waals surface area contributed by atoms with Crippen LogP contribution >= 0.6 is 11.3 Å². The van der Waals surface area contributed by atoms with Crippen molar-refractivity contribution in [2.24, 2.45) is 0 Å². The van der Waals surface area contributed by atoms with E-state index < -0.39 is 0 Å². The molecule has 90 valence electrons. The van der Waals surface area contributed by atoms with Gasteiger partial charge in [-0.15, -0.1) is 11.3 Å². The molecule has 1 fully saturated rings. The van der Waals surface area contributed by atoms with Gasteiger partial charge in [0.2, 0.25) is 0 Å². The fourth-order valence-electron chi connectivity index (χ4n) is 2.27. The van der Waals surface area contributed by atoms with Gasteiger partial charge in [-0.1, -0.05) is 12.8 Å². The molecule has 1 aromatic heterocycles. The summed E-state index contributed by atoms with van der Waals surface area (Å²) in [5.74, 6) is 0. The summed E-state index contributed by atoms with van der Waals surface area (Å²) in [6.07, 6.45) is 6.12. The molecule has 0 bridgehead atoms. The van der Waals surface area contributed by atoms with E-state index in [0.717, 1.165) is 24.3 Å². The molecule has 4 heteroatoms. The van der Waals surface area contributed by atoms with Crippen LogP contribution < -0.4 is 5.32 Å². The quantitative estimate of drug-likeness (QED) is 0.853. The van der Waals surface area contributed by atoms with Gasteiger partial charge in [-0.25, -0.2) is 4.98 Å². The number of aliphatic hydroxyl groups excluding tert-OH is 1. The Labute approximate surface area is 101 Å². The highest BCUT2D eigenvalue weighted by Crippen LogP contribution is 2.24. The average molecular weight is 240 g/mol. The first kappa shape index (κ1) is 12.0. The zero-order valence-electron chi connectivity index (χ0n) is 9.94. The minimum atomic E-state index is -0.183. The Balaban J connectivity index is 1.93. The van der Waals surface area contributed by atoms with Crippen LogP contribution in [0, 0.1) is 6.92 Å². The van der Waals surface area contributed by atoms with E-state index in [9.17, 15) is 5.11 Å². The Morgan fingerprint density at radius 2 is 2.25 bits per heavy atom. The number of nitrogens with one attached hydrogen (secondary N) is 1. The van der Waals surface area contributed by atoms with Crippen molar-refractivity contribution in [3.8, 4) is 0 Å². The van der Waals surface area contributed by atoms with Crippen LogP contribution in [0.25, 0.3) is 0 Å². The third-order valence-corrected chi connectivity index (χ3v) is 4.30. The van der Waals surface area contributed by atoms with Crippen molar-refractivity contribution in [1.29, 1.82) is 0 Å². The average Bonchev–Trinajstić information content (AvgIpc) is 2.68. The molecular weight excluding hydrogens is 220 g/mol. The molecule has 0 saturated heterocycles. The topological polar surface area (TPSA) is 45.2 Å². The summed E-state index contributed by atoms with van der Waals surface area (Å²) in [7, 11) is 0. The van der Waals surface area contributed by atoms with Gasteiger partial charge in [-0.05, 0) is 26.7 Å². The summed E-state index contributed by atoms with van der Waals surface area (Å²) in [5.41, 5.74) is 0. The number of rotatable bonds is 3. The molecule has 3 atom stereocenters. The maximum absolute atomic E-state index is 9.89. The first-order valence-electron chi connectivity index (χ1n) is 6.03. The third-order valence-electron chi connectivity index (χ3n) is 3.20. The van der Waals surface area contributed by atoms with Crippen molar-refractivity contribution >= 4 is 11.3 Å². The fourth-order valence-corrected chi connectivity index (χ4v) is 3.06. The predicted octanol–water partition coefficient (Wildman–Crippen LogP) is 2.41. The molecule has 1 aliphatic carbocycles. The predicted molar refractivity (Wildman–Crippen MR) is 66.7 cm³/mol. The fraction of sp³-hybridized carbons (Fsp3) is 0.750. The van der Waals surface area contributed by atoms with E-state index in [1.807, 2.05) is 6.20 Å². The van der Waals surface area contributed by atoms with Crippen LogP contribution in [0.1, 0.15) is 48.5 Å². The van der Waals surface area contributed by atoms with Crippen molar-refractivity contribution in [2.45, 2.75) is 57.7 Å².